The van der Waals surface area contributed by atoms with Crippen molar-refractivity contribution < 1.29 is 63.0 Å². The maximum Gasteiger partial charge on any atom is 0.411 e. The van der Waals surface area contributed by atoms with E-state index in [9.17, 15) is 44.1 Å². The molecule has 9 rings (SSSR count). The van der Waals surface area contributed by atoms with Crippen LogP contribution in [0.3, 0.4) is 0 Å². The first-order valence-electron chi connectivity index (χ1n) is 32.5. The molecule has 6 N–H and O–H groups in total. The normalized spacial score (nSPS) is 10.6. The zero-order valence-electron chi connectivity index (χ0n) is 58.4. The second-order valence-electron chi connectivity index (χ2n) is 24.1. The summed E-state index contributed by atoms with van der Waals surface area (Å²) in [5, 5.41) is 36.1. The number of carbonyl (C=O) groups excluding carboxylic acids is 3. The average Bonchev–Trinajstić information content (AvgIpc) is 0.777. The predicted molar refractivity (Wildman–Crippen MR) is 386 cm³/mol. The van der Waals surface area contributed by atoms with Gasteiger partial charge in [-0.2, -0.15) is 0 Å². The van der Waals surface area contributed by atoms with E-state index in [0.29, 0.717) is 100 Å². The minimum atomic E-state index is -0.956. The highest BCUT2D eigenvalue weighted by molar-refractivity contribution is 5.86. The number of anilines is 6. The maximum atomic E-state index is 12.1. The Morgan fingerprint density at radius 1 is 0.386 bits per heavy atom. The van der Waals surface area contributed by atoms with Crippen LogP contribution in [0.25, 0.3) is 0 Å². The molecule has 6 aromatic carbocycles. The number of aryl methyl sites for hydroxylation is 1. The summed E-state index contributed by atoms with van der Waals surface area (Å²) >= 11 is 0. The van der Waals surface area contributed by atoms with Gasteiger partial charge in [-0.25, -0.2) is 44.3 Å². The van der Waals surface area contributed by atoms with Crippen LogP contribution in [0.15, 0.2) is 164 Å². The van der Waals surface area contributed by atoms with Crippen LogP contribution in [0.1, 0.15) is 111 Å². The standard InChI is InChI=1S/C26H30N4O4.C25H28N4O5.C25H28N4O4/c1-17(2)24-21(15-23(31)32)25(30(3)4)29-22(28-24)14-18-10-12-20(13-11-18)27-26(33)34-16-19-8-6-5-7-9-19;1-29(2)24-20(14-23(30)31)21(16-33-3)27-22(28-24)13-17-9-11-19(12-10-17)26-25(32)34-15-18-7-5-4-6-8-18;1-4-21-20(15-23(30)31)24(29(2)3)28-22(27-21)14-17-10-12-19(13-11-17)26-25(32)33-16-18-8-6-5-7-9-18/h5-13,17H,14-16H2,1-4H3,(H,27,33)(H,31,32);4-12H,13-16H2,1-3H3,(H,26,32)(H,30,31);5-13H,4,14-16H2,1-3H3,(H,26,32)(H,30,31). The van der Waals surface area contributed by atoms with Crippen LogP contribution in [-0.4, -0.2) is 131 Å². The molecular formula is C76H86N12O13. The zero-order valence-corrected chi connectivity index (χ0v) is 58.4. The van der Waals surface area contributed by atoms with Crippen LogP contribution in [0, 0.1) is 0 Å². The highest BCUT2D eigenvalue weighted by Crippen LogP contribution is 2.29. The third kappa shape index (κ3) is 24.9. The second kappa shape index (κ2) is 38.3. The van der Waals surface area contributed by atoms with Gasteiger partial charge in [0.2, 0.25) is 0 Å². The van der Waals surface area contributed by atoms with Gasteiger partial charge in [-0.05, 0) is 82.1 Å². The maximum absolute atomic E-state index is 12.1. The molecule has 0 spiro atoms. The number of nitrogens with one attached hydrogen (secondary N) is 3. The Kier molecular flexibility index (Phi) is 29.0. The fourth-order valence-corrected chi connectivity index (χ4v) is 10.3. The molecule has 0 aliphatic heterocycles. The van der Waals surface area contributed by atoms with Crippen molar-refractivity contribution in [2.75, 3.05) is 80.0 Å². The van der Waals surface area contributed by atoms with E-state index in [0.717, 1.165) is 44.8 Å². The van der Waals surface area contributed by atoms with Crippen molar-refractivity contribution in [3.63, 3.8) is 0 Å². The highest BCUT2D eigenvalue weighted by atomic mass is 16.6. The third-order valence-electron chi connectivity index (χ3n) is 15.0. The number of aliphatic carboxylic acids is 3. The molecule has 3 heterocycles. The molecule has 0 saturated carbocycles. The first-order valence-corrected chi connectivity index (χ1v) is 32.5. The van der Waals surface area contributed by atoms with Crippen molar-refractivity contribution in [1.82, 2.24) is 29.9 Å². The molecule has 0 fully saturated rings. The lowest BCUT2D eigenvalue weighted by Crippen LogP contribution is -2.20. The molecule has 25 heteroatoms. The van der Waals surface area contributed by atoms with Crippen LogP contribution < -0.4 is 30.7 Å². The molecule has 9 aromatic rings. The number of hydrogen-bond donors (Lipinski definition) is 6. The fraction of sp³-hybridized carbons (Fsp3) is 0.289. The topological polar surface area (TPSA) is 323 Å². The quantitative estimate of drug-likeness (QED) is 0.0248. The molecule has 101 heavy (non-hydrogen) atoms. The van der Waals surface area contributed by atoms with Crippen LogP contribution in [-0.2, 0) is 105 Å². The number of carboxylic acid groups (broad SMARTS) is 3. The Morgan fingerprint density at radius 2 is 0.683 bits per heavy atom. The van der Waals surface area contributed by atoms with Gasteiger partial charge >= 0.3 is 36.2 Å². The molecule has 0 radical (unpaired) electrons. The molecular weight excluding hydrogens is 1290 g/mol. The van der Waals surface area contributed by atoms with E-state index >= 15 is 0 Å². The molecule has 0 saturated heterocycles. The molecule has 0 aliphatic carbocycles. The van der Waals surface area contributed by atoms with Gasteiger partial charge in [0, 0.05) is 108 Å². The highest BCUT2D eigenvalue weighted by Gasteiger charge is 2.23. The van der Waals surface area contributed by atoms with Crippen molar-refractivity contribution in [1.29, 1.82) is 0 Å². The summed E-state index contributed by atoms with van der Waals surface area (Å²) in [7, 11) is 12.5. The predicted octanol–water partition coefficient (Wildman–Crippen LogP) is 12.4. The Balaban J connectivity index is 0.000000213. The van der Waals surface area contributed by atoms with Crippen LogP contribution in [0.4, 0.5) is 48.9 Å². The number of nitrogens with zero attached hydrogens (tertiary/aromatic N) is 9. The number of amides is 3. The molecule has 25 nitrogen and oxygen atoms in total. The summed E-state index contributed by atoms with van der Waals surface area (Å²) in [5.41, 5.74) is 11.3. The Bertz CT molecular complexity index is 4180. The van der Waals surface area contributed by atoms with Gasteiger partial charge in [0.05, 0.1) is 37.3 Å². The van der Waals surface area contributed by atoms with Gasteiger partial charge < -0.3 is 49.0 Å². The summed E-state index contributed by atoms with van der Waals surface area (Å²) in [5.74, 6) is 0.866. The average molecular weight is 1380 g/mol. The SMILES string of the molecule is CC(C)c1nc(Cc2ccc(NC(=O)OCc3ccccc3)cc2)nc(N(C)C)c1CC(=O)O.CCc1nc(Cc2ccc(NC(=O)OCc3ccccc3)cc2)nc(N(C)C)c1CC(=O)O.COCc1nc(Cc2ccc(NC(=O)OCc3ccccc3)cc2)nc(N(C)C)c1CC(=O)O. The summed E-state index contributed by atoms with van der Waals surface area (Å²) in [4.78, 5) is 103. The molecule has 0 aliphatic rings. The monoisotopic (exact) mass is 1370 g/mol. The summed E-state index contributed by atoms with van der Waals surface area (Å²) in [6.45, 7) is 6.72. The van der Waals surface area contributed by atoms with E-state index in [2.05, 4.69) is 40.9 Å². The first kappa shape index (κ1) is 76.5. The van der Waals surface area contributed by atoms with Gasteiger partial charge in [0.1, 0.15) is 54.7 Å². The van der Waals surface area contributed by atoms with Crippen molar-refractivity contribution in [3.05, 3.63) is 248 Å². The van der Waals surface area contributed by atoms with E-state index in [-0.39, 0.29) is 51.6 Å². The van der Waals surface area contributed by atoms with Crippen LogP contribution in [0.2, 0.25) is 0 Å². The summed E-state index contributed by atoms with van der Waals surface area (Å²) in [6.07, 6.45) is 0.0166. The van der Waals surface area contributed by atoms with Crippen molar-refractivity contribution in [2.45, 2.75) is 98.1 Å². The van der Waals surface area contributed by atoms with Gasteiger partial charge in [0.15, 0.2) is 0 Å². The molecule has 528 valence electrons. The Hall–Kier alpha value is -11.9. The lowest BCUT2D eigenvalue weighted by Gasteiger charge is -2.21. The third-order valence-corrected chi connectivity index (χ3v) is 15.0. The number of hydrogen-bond acceptors (Lipinski definition) is 19. The van der Waals surface area contributed by atoms with Crippen LogP contribution in [0.5, 0.6) is 0 Å². The number of aromatic nitrogens is 6. The Labute approximate surface area is 587 Å². The lowest BCUT2D eigenvalue weighted by atomic mass is 10.0. The lowest BCUT2D eigenvalue weighted by molar-refractivity contribution is -0.137. The number of carbonyl (C=O) groups is 6. The number of ether oxygens (including phenoxy) is 4. The molecule has 0 bridgehead atoms. The van der Waals surface area contributed by atoms with E-state index in [4.69, 9.17) is 23.9 Å². The second-order valence-corrected chi connectivity index (χ2v) is 24.1. The number of methoxy groups -OCH3 is 1. The Morgan fingerprint density at radius 3 is 0.980 bits per heavy atom. The molecule has 0 atom stereocenters. The van der Waals surface area contributed by atoms with E-state index in [1.165, 1.54) is 7.11 Å². The number of rotatable bonds is 28. The fourth-order valence-electron chi connectivity index (χ4n) is 10.3. The summed E-state index contributed by atoms with van der Waals surface area (Å²) in [6, 6.07) is 50.5. The van der Waals surface area contributed by atoms with E-state index in [1.54, 1.807) is 41.3 Å². The minimum absolute atomic E-state index is 0.0586. The van der Waals surface area contributed by atoms with Gasteiger partial charge in [0.25, 0.3) is 0 Å². The zero-order chi connectivity index (χ0) is 73.0. The molecule has 3 amide bonds. The van der Waals surface area contributed by atoms with Gasteiger partial charge in [-0.15, -0.1) is 0 Å². The summed E-state index contributed by atoms with van der Waals surface area (Å²) < 4.78 is 21.0. The van der Waals surface area contributed by atoms with Gasteiger partial charge in [-0.3, -0.25) is 30.3 Å². The smallest absolute Gasteiger partial charge is 0.411 e. The van der Waals surface area contributed by atoms with Crippen molar-refractivity contribution in [2.24, 2.45) is 0 Å². The van der Waals surface area contributed by atoms with Crippen molar-refractivity contribution in [3.8, 4) is 0 Å². The number of carboxylic acids is 3. The minimum Gasteiger partial charge on any atom is -0.481 e. The molecule has 0 unspecified atom stereocenters. The number of benzene rings is 6. The van der Waals surface area contributed by atoms with E-state index in [1.807, 2.05) is 200 Å². The largest absolute Gasteiger partial charge is 0.481 e. The molecule has 3 aromatic heterocycles. The van der Waals surface area contributed by atoms with Crippen LogP contribution >= 0.6 is 0 Å². The van der Waals surface area contributed by atoms with E-state index < -0.39 is 36.2 Å². The van der Waals surface area contributed by atoms with Gasteiger partial charge in [-0.1, -0.05) is 148 Å². The first-order chi connectivity index (χ1) is 48.4. The van der Waals surface area contributed by atoms with Crippen molar-refractivity contribution >= 4 is 70.7 Å².